The Kier molecular flexibility index (Phi) is 8.87. The highest BCUT2D eigenvalue weighted by molar-refractivity contribution is 5.75. The van der Waals surface area contributed by atoms with Crippen LogP contribution in [-0.4, -0.2) is 62.5 Å². The number of halogens is 3. The van der Waals surface area contributed by atoms with E-state index in [1.165, 1.54) is 0 Å². The lowest BCUT2D eigenvalue weighted by Crippen LogP contribution is -2.33. The third-order valence-corrected chi connectivity index (χ3v) is 6.77. The molecule has 2 aromatic carbocycles. The minimum atomic E-state index is -1.16. The van der Waals surface area contributed by atoms with Crippen molar-refractivity contribution in [3.8, 4) is 5.75 Å². The summed E-state index contributed by atoms with van der Waals surface area (Å²) in [5.41, 5.74) is 1.15. The number of esters is 1. The third-order valence-electron chi connectivity index (χ3n) is 6.77. The van der Waals surface area contributed by atoms with E-state index in [0.29, 0.717) is 56.7 Å². The normalized spacial score (nSPS) is 21.8. The van der Waals surface area contributed by atoms with Crippen LogP contribution in [0, 0.1) is 29.3 Å². The van der Waals surface area contributed by atoms with Crippen LogP contribution in [0.25, 0.3) is 0 Å². The zero-order valence-electron chi connectivity index (χ0n) is 20.6. The molecule has 1 aliphatic heterocycles. The lowest BCUT2D eigenvalue weighted by Gasteiger charge is -2.20. The fourth-order valence-corrected chi connectivity index (χ4v) is 4.95. The molecule has 196 valence electrons. The molecular weight excluding hydrogens is 473 g/mol. The minimum Gasteiger partial charge on any atom is -0.492 e. The van der Waals surface area contributed by atoms with Crippen LogP contribution >= 0.6 is 0 Å². The lowest BCUT2D eigenvalue weighted by molar-refractivity contribution is -0.156. The molecular formula is C27H33F3N2O4. The van der Waals surface area contributed by atoms with Gasteiger partial charge in [0.1, 0.15) is 18.2 Å². The van der Waals surface area contributed by atoms with E-state index in [9.17, 15) is 18.0 Å². The topological polar surface area (TPSA) is 60.0 Å². The number of benzene rings is 2. The van der Waals surface area contributed by atoms with Gasteiger partial charge in [-0.2, -0.15) is 0 Å². The van der Waals surface area contributed by atoms with Crippen molar-refractivity contribution in [1.29, 1.82) is 0 Å². The van der Waals surface area contributed by atoms with Crippen molar-refractivity contribution < 1.29 is 32.2 Å². The van der Waals surface area contributed by atoms with Crippen molar-refractivity contribution in [3.63, 3.8) is 0 Å². The number of nitrogens with one attached hydrogen (secondary N) is 1. The van der Waals surface area contributed by atoms with Gasteiger partial charge >= 0.3 is 5.97 Å². The second kappa shape index (κ2) is 12.1. The highest BCUT2D eigenvalue weighted by Crippen LogP contribution is 2.45. The van der Waals surface area contributed by atoms with Crippen molar-refractivity contribution in [2.45, 2.75) is 39.0 Å². The van der Waals surface area contributed by atoms with E-state index in [0.717, 1.165) is 30.5 Å². The summed E-state index contributed by atoms with van der Waals surface area (Å²) in [5, 5.41) is 3.51. The van der Waals surface area contributed by atoms with E-state index in [-0.39, 0.29) is 18.1 Å². The van der Waals surface area contributed by atoms with Crippen molar-refractivity contribution in [1.82, 2.24) is 10.2 Å². The number of hydrogen-bond acceptors (Lipinski definition) is 6. The summed E-state index contributed by atoms with van der Waals surface area (Å²) in [6, 6.07) is 9.56. The van der Waals surface area contributed by atoms with Crippen molar-refractivity contribution >= 4 is 5.97 Å². The highest BCUT2D eigenvalue weighted by atomic mass is 19.2. The Hall–Kier alpha value is -2.62. The number of ether oxygens (including phenoxy) is 3. The number of piperidine rings is 1. The first-order valence-electron chi connectivity index (χ1n) is 12.5. The summed E-state index contributed by atoms with van der Waals surface area (Å²) in [6.45, 7) is 7.48. The maximum Gasteiger partial charge on any atom is 0.335 e. The summed E-state index contributed by atoms with van der Waals surface area (Å²) in [7, 11) is 0. The largest absolute Gasteiger partial charge is 0.492 e. The van der Waals surface area contributed by atoms with Crippen molar-refractivity contribution in [2.24, 2.45) is 11.8 Å². The number of fused-ring (bicyclic) bond motifs is 1. The minimum absolute atomic E-state index is 0.188. The van der Waals surface area contributed by atoms with Gasteiger partial charge in [-0.05, 0) is 49.4 Å². The first-order valence-corrected chi connectivity index (χ1v) is 12.5. The monoisotopic (exact) mass is 506 g/mol. The molecule has 1 aliphatic carbocycles. The molecule has 1 N–H and O–H groups in total. The van der Waals surface area contributed by atoms with Gasteiger partial charge in [0.25, 0.3) is 0 Å². The Balaban J connectivity index is 1.14. The van der Waals surface area contributed by atoms with Crippen LogP contribution in [0.15, 0.2) is 36.4 Å². The smallest absolute Gasteiger partial charge is 0.335 e. The first-order chi connectivity index (χ1) is 17.4. The second-order valence-corrected chi connectivity index (χ2v) is 9.25. The maximum absolute atomic E-state index is 13.9. The zero-order chi connectivity index (χ0) is 25.7. The Morgan fingerprint density at radius 2 is 1.72 bits per heavy atom. The number of hydrogen-bond donors (Lipinski definition) is 1. The second-order valence-electron chi connectivity index (χ2n) is 9.25. The fourth-order valence-electron chi connectivity index (χ4n) is 4.95. The number of nitrogens with zero attached hydrogens (tertiary/aromatic N) is 1. The van der Waals surface area contributed by atoms with Crippen LogP contribution in [0.1, 0.15) is 25.0 Å². The molecule has 2 aromatic rings. The van der Waals surface area contributed by atoms with E-state index in [1.54, 1.807) is 6.92 Å². The molecule has 1 unspecified atom stereocenters. The maximum atomic E-state index is 13.9. The van der Waals surface area contributed by atoms with E-state index in [1.807, 2.05) is 31.2 Å². The van der Waals surface area contributed by atoms with E-state index in [2.05, 4.69) is 10.2 Å². The molecule has 1 saturated heterocycles. The zero-order valence-corrected chi connectivity index (χ0v) is 20.6. The summed E-state index contributed by atoms with van der Waals surface area (Å²) < 4.78 is 56.9. The molecule has 0 spiro atoms. The third kappa shape index (κ3) is 6.57. The number of carbonyl (C=O) groups excluding carboxylic acids is 1. The molecule has 2 aliphatic rings. The van der Waals surface area contributed by atoms with Crippen LogP contribution in [-0.2, 0) is 27.2 Å². The average molecular weight is 507 g/mol. The quantitative estimate of drug-likeness (QED) is 0.254. The predicted octanol–water partition coefficient (Wildman–Crippen LogP) is 3.71. The van der Waals surface area contributed by atoms with Crippen LogP contribution in [0.5, 0.6) is 5.75 Å². The molecule has 0 radical (unpaired) electrons. The van der Waals surface area contributed by atoms with Gasteiger partial charge in [-0.15, -0.1) is 0 Å². The molecule has 0 bridgehead atoms. The molecule has 2 fully saturated rings. The van der Waals surface area contributed by atoms with Gasteiger partial charge in [0.2, 0.25) is 0 Å². The van der Waals surface area contributed by atoms with Gasteiger partial charge in [0, 0.05) is 56.9 Å². The summed E-state index contributed by atoms with van der Waals surface area (Å²) in [5.74, 6) is -1.52. The van der Waals surface area contributed by atoms with Crippen molar-refractivity contribution in [2.75, 3.05) is 39.5 Å². The molecule has 0 aromatic heterocycles. The Morgan fingerprint density at radius 1 is 1.03 bits per heavy atom. The molecule has 4 rings (SSSR count). The Morgan fingerprint density at radius 3 is 2.39 bits per heavy atom. The fraction of sp³-hybridized carbons (Fsp3) is 0.519. The van der Waals surface area contributed by atoms with Gasteiger partial charge in [0.15, 0.2) is 17.7 Å². The van der Waals surface area contributed by atoms with Crippen LogP contribution in [0.4, 0.5) is 13.2 Å². The molecule has 9 heteroatoms. The average Bonchev–Trinajstić information content (AvgIpc) is 3.30. The molecule has 1 saturated carbocycles. The highest BCUT2D eigenvalue weighted by Gasteiger charge is 2.55. The standard InChI is InChI=1S/C27H33F3N2O4/c1-3-34-25(27(33)35-4-2)11-17-5-7-19(8-6-17)36-10-9-31-26-20-15-32(16-21(20)26)14-18-12-23(29)24(30)13-22(18)28/h5-8,12-13,20-21,25-26,31H,3-4,9-11,14-16H2,1-2H3/t20-,21+,25-,26?/m0/s1. The molecule has 0 amide bonds. The summed E-state index contributed by atoms with van der Waals surface area (Å²) in [6.07, 6.45) is -0.172. The number of likely N-dealkylation sites (tertiary alicyclic amines) is 1. The number of carbonyl (C=O) groups is 1. The first kappa shape index (κ1) is 26.4. The van der Waals surface area contributed by atoms with Gasteiger partial charge in [-0.1, -0.05) is 12.1 Å². The van der Waals surface area contributed by atoms with Gasteiger partial charge in [0.05, 0.1) is 6.61 Å². The predicted molar refractivity (Wildman–Crippen MR) is 128 cm³/mol. The van der Waals surface area contributed by atoms with E-state index >= 15 is 0 Å². The van der Waals surface area contributed by atoms with Crippen LogP contribution < -0.4 is 10.1 Å². The molecule has 36 heavy (non-hydrogen) atoms. The number of rotatable bonds is 13. The van der Waals surface area contributed by atoms with Gasteiger partial charge < -0.3 is 19.5 Å². The SMILES string of the molecule is CCOC(=O)[C@H](Cc1ccc(OCCNC2[C@H]3CN(Cc4cc(F)c(F)cc4F)C[C@@H]23)cc1)OCC. The van der Waals surface area contributed by atoms with Gasteiger partial charge in [-0.25, -0.2) is 18.0 Å². The lowest BCUT2D eigenvalue weighted by atomic mass is 10.1. The van der Waals surface area contributed by atoms with Crippen LogP contribution in [0.3, 0.4) is 0 Å². The van der Waals surface area contributed by atoms with E-state index < -0.39 is 23.6 Å². The van der Waals surface area contributed by atoms with Gasteiger partial charge in [-0.3, -0.25) is 4.90 Å². The summed E-state index contributed by atoms with van der Waals surface area (Å²) in [4.78, 5) is 14.1. The van der Waals surface area contributed by atoms with E-state index in [4.69, 9.17) is 14.2 Å². The molecule has 1 heterocycles. The Bertz CT molecular complexity index is 1020. The van der Waals surface area contributed by atoms with Crippen molar-refractivity contribution in [3.05, 3.63) is 65.0 Å². The summed E-state index contributed by atoms with van der Waals surface area (Å²) >= 11 is 0. The molecule has 6 nitrogen and oxygen atoms in total. The molecule has 4 atom stereocenters. The van der Waals surface area contributed by atoms with Crippen LogP contribution in [0.2, 0.25) is 0 Å². The Labute approximate surface area is 209 Å².